The Labute approximate surface area is 94.5 Å². The van der Waals surface area contributed by atoms with Gasteiger partial charge in [0.15, 0.2) is 0 Å². The first-order chi connectivity index (χ1) is 7.09. The van der Waals surface area contributed by atoms with Gasteiger partial charge in [0.1, 0.15) is 0 Å². The van der Waals surface area contributed by atoms with Crippen LogP contribution in [0.15, 0.2) is 23.8 Å². The summed E-state index contributed by atoms with van der Waals surface area (Å²) < 4.78 is 0. The van der Waals surface area contributed by atoms with Gasteiger partial charge in [-0.1, -0.05) is 37.6 Å². The zero-order valence-electron chi connectivity index (χ0n) is 10.4. The third-order valence-electron chi connectivity index (χ3n) is 4.55. The van der Waals surface area contributed by atoms with Crippen molar-refractivity contribution in [3.8, 4) is 0 Å². The summed E-state index contributed by atoms with van der Waals surface area (Å²) >= 11 is 0. The maximum atomic E-state index is 4.20. The van der Waals surface area contributed by atoms with Crippen molar-refractivity contribution in [1.82, 2.24) is 0 Å². The van der Waals surface area contributed by atoms with E-state index < -0.39 is 0 Å². The van der Waals surface area contributed by atoms with Crippen LogP contribution in [0.5, 0.6) is 0 Å². The molecule has 0 radical (unpaired) electrons. The van der Waals surface area contributed by atoms with Gasteiger partial charge in [0.25, 0.3) is 0 Å². The lowest BCUT2D eigenvalue weighted by Crippen LogP contribution is -2.33. The van der Waals surface area contributed by atoms with E-state index in [1.807, 2.05) is 0 Å². The van der Waals surface area contributed by atoms with Gasteiger partial charge in [-0.05, 0) is 56.3 Å². The summed E-state index contributed by atoms with van der Waals surface area (Å²) in [4.78, 5) is 0. The Bertz CT molecular complexity index is 282. The Kier molecular flexibility index (Phi) is 3.04. The first-order valence-corrected chi connectivity index (χ1v) is 6.43. The lowest BCUT2D eigenvalue weighted by Gasteiger charge is -2.43. The monoisotopic (exact) mass is 204 g/mol. The first-order valence-electron chi connectivity index (χ1n) is 6.43. The summed E-state index contributed by atoms with van der Waals surface area (Å²) in [6.07, 6.45) is 7.71. The zero-order chi connectivity index (χ0) is 11.0. The molecule has 0 N–H and O–H groups in total. The summed E-state index contributed by atoms with van der Waals surface area (Å²) in [6.45, 7) is 11.3. The molecular formula is C15H24. The van der Waals surface area contributed by atoms with E-state index in [0.29, 0.717) is 0 Å². The van der Waals surface area contributed by atoms with Crippen LogP contribution < -0.4 is 0 Å². The number of hydrogen-bond acceptors (Lipinski definition) is 0. The fourth-order valence-electron chi connectivity index (χ4n) is 3.58. The van der Waals surface area contributed by atoms with Crippen molar-refractivity contribution < 1.29 is 0 Å². The van der Waals surface area contributed by atoms with Crippen LogP contribution in [0, 0.1) is 23.7 Å². The SMILES string of the molecule is C=C1CC[C@H]2C(C)=CC[C@@H](C(C)C)[C@@H]2C1. The molecule has 0 unspecified atom stereocenters. The molecule has 84 valence electrons. The lowest BCUT2D eigenvalue weighted by molar-refractivity contribution is 0.158. The van der Waals surface area contributed by atoms with E-state index in [4.69, 9.17) is 0 Å². The van der Waals surface area contributed by atoms with Gasteiger partial charge in [0, 0.05) is 0 Å². The quantitative estimate of drug-likeness (QED) is 0.548. The predicted octanol–water partition coefficient (Wildman–Crippen LogP) is 4.58. The molecule has 0 heteroatoms. The molecular weight excluding hydrogens is 180 g/mol. The smallest absolute Gasteiger partial charge is 0.0169 e. The topological polar surface area (TPSA) is 0 Å². The Morgan fingerprint density at radius 3 is 2.80 bits per heavy atom. The number of hydrogen-bond donors (Lipinski definition) is 0. The van der Waals surface area contributed by atoms with Crippen LogP contribution >= 0.6 is 0 Å². The third kappa shape index (κ3) is 2.04. The van der Waals surface area contributed by atoms with Gasteiger partial charge in [-0.15, -0.1) is 0 Å². The molecule has 0 saturated heterocycles. The molecule has 2 aliphatic carbocycles. The molecule has 0 aromatic rings. The summed E-state index contributed by atoms with van der Waals surface area (Å²) in [5.41, 5.74) is 3.15. The van der Waals surface area contributed by atoms with Gasteiger partial charge < -0.3 is 0 Å². The minimum absolute atomic E-state index is 0.827. The number of fused-ring (bicyclic) bond motifs is 1. The van der Waals surface area contributed by atoms with Crippen molar-refractivity contribution in [3.05, 3.63) is 23.8 Å². The molecule has 1 saturated carbocycles. The van der Waals surface area contributed by atoms with Gasteiger partial charge in [0.2, 0.25) is 0 Å². The Balaban J connectivity index is 2.21. The van der Waals surface area contributed by atoms with E-state index in [2.05, 4.69) is 33.4 Å². The van der Waals surface area contributed by atoms with Gasteiger partial charge in [0.05, 0.1) is 0 Å². The molecule has 0 aromatic heterocycles. The third-order valence-corrected chi connectivity index (χ3v) is 4.55. The van der Waals surface area contributed by atoms with Crippen LogP contribution in [-0.2, 0) is 0 Å². The van der Waals surface area contributed by atoms with E-state index in [0.717, 1.165) is 23.7 Å². The molecule has 0 heterocycles. The van der Waals surface area contributed by atoms with Crippen molar-refractivity contribution in [2.75, 3.05) is 0 Å². The maximum Gasteiger partial charge on any atom is -0.0169 e. The van der Waals surface area contributed by atoms with Crippen LogP contribution in [0.4, 0.5) is 0 Å². The van der Waals surface area contributed by atoms with Crippen molar-refractivity contribution in [3.63, 3.8) is 0 Å². The van der Waals surface area contributed by atoms with Crippen LogP contribution in [0.2, 0.25) is 0 Å². The van der Waals surface area contributed by atoms with E-state index in [9.17, 15) is 0 Å². The van der Waals surface area contributed by atoms with E-state index in [1.165, 1.54) is 31.3 Å². The molecule has 2 rings (SSSR count). The lowest BCUT2D eigenvalue weighted by atomic mass is 9.62. The molecule has 0 bridgehead atoms. The second-order valence-corrected chi connectivity index (χ2v) is 5.85. The minimum Gasteiger partial charge on any atom is -0.0999 e. The Morgan fingerprint density at radius 1 is 1.40 bits per heavy atom. The van der Waals surface area contributed by atoms with Gasteiger partial charge in [-0.2, -0.15) is 0 Å². The van der Waals surface area contributed by atoms with Crippen LogP contribution in [0.25, 0.3) is 0 Å². The minimum atomic E-state index is 0.827. The normalized spacial score (nSPS) is 36.4. The molecule has 0 nitrogen and oxygen atoms in total. The maximum absolute atomic E-state index is 4.20. The molecule has 2 aliphatic rings. The van der Waals surface area contributed by atoms with E-state index >= 15 is 0 Å². The average Bonchev–Trinajstić information content (AvgIpc) is 2.17. The predicted molar refractivity (Wildman–Crippen MR) is 66.7 cm³/mol. The first kappa shape index (κ1) is 11.0. The van der Waals surface area contributed by atoms with E-state index in [1.54, 1.807) is 5.57 Å². The number of rotatable bonds is 1. The highest BCUT2D eigenvalue weighted by molar-refractivity contribution is 5.17. The summed E-state index contributed by atoms with van der Waals surface area (Å²) in [7, 11) is 0. The molecule has 0 amide bonds. The molecule has 3 atom stereocenters. The Morgan fingerprint density at radius 2 is 2.13 bits per heavy atom. The number of allylic oxidation sites excluding steroid dienone is 3. The van der Waals surface area contributed by atoms with Gasteiger partial charge in [-0.3, -0.25) is 0 Å². The van der Waals surface area contributed by atoms with Crippen LogP contribution in [-0.4, -0.2) is 0 Å². The van der Waals surface area contributed by atoms with Gasteiger partial charge in [-0.25, -0.2) is 0 Å². The molecule has 0 aromatic carbocycles. The highest BCUT2D eigenvalue weighted by Gasteiger charge is 2.37. The standard InChI is InChI=1S/C15H24/c1-10(2)13-8-6-12(4)14-7-5-11(3)9-15(13)14/h6,10,13-15H,3,5,7-9H2,1-2,4H3/t13-,14-,15-/m0/s1. The average molecular weight is 204 g/mol. The molecule has 0 spiro atoms. The largest absolute Gasteiger partial charge is 0.0999 e. The zero-order valence-corrected chi connectivity index (χ0v) is 10.4. The Hall–Kier alpha value is -0.520. The summed E-state index contributed by atoms with van der Waals surface area (Å²) in [5.74, 6) is 3.50. The highest BCUT2D eigenvalue weighted by Crippen LogP contribution is 2.47. The second-order valence-electron chi connectivity index (χ2n) is 5.85. The fraction of sp³-hybridized carbons (Fsp3) is 0.733. The highest BCUT2D eigenvalue weighted by atomic mass is 14.4. The van der Waals surface area contributed by atoms with Gasteiger partial charge >= 0.3 is 0 Å². The second kappa shape index (κ2) is 4.15. The van der Waals surface area contributed by atoms with Crippen molar-refractivity contribution in [1.29, 1.82) is 0 Å². The molecule has 15 heavy (non-hydrogen) atoms. The van der Waals surface area contributed by atoms with Crippen molar-refractivity contribution in [2.45, 2.75) is 46.5 Å². The molecule has 0 aliphatic heterocycles. The van der Waals surface area contributed by atoms with Crippen LogP contribution in [0.1, 0.15) is 46.5 Å². The van der Waals surface area contributed by atoms with E-state index in [-0.39, 0.29) is 0 Å². The van der Waals surface area contributed by atoms with Crippen LogP contribution in [0.3, 0.4) is 0 Å². The summed E-state index contributed by atoms with van der Waals surface area (Å²) in [5, 5.41) is 0. The van der Waals surface area contributed by atoms with Crippen molar-refractivity contribution in [2.24, 2.45) is 23.7 Å². The fourth-order valence-corrected chi connectivity index (χ4v) is 3.58. The summed E-state index contributed by atoms with van der Waals surface area (Å²) in [6, 6.07) is 0. The van der Waals surface area contributed by atoms with Crippen molar-refractivity contribution >= 4 is 0 Å². The molecule has 1 fully saturated rings.